The van der Waals surface area contributed by atoms with E-state index >= 15 is 0 Å². The first-order valence-corrected chi connectivity index (χ1v) is 6.01. The van der Waals surface area contributed by atoms with E-state index in [1.54, 1.807) is 6.07 Å². The zero-order valence-electron chi connectivity index (χ0n) is 10.4. The summed E-state index contributed by atoms with van der Waals surface area (Å²) in [4.78, 5) is 0. The van der Waals surface area contributed by atoms with Crippen molar-refractivity contribution in [3.63, 3.8) is 0 Å². The zero-order chi connectivity index (χ0) is 12.3. The Labute approximate surface area is 103 Å². The molecule has 0 bridgehead atoms. The molecule has 2 rings (SSSR count). The summed E-state index contributed by atoms with van der Waals surface area (Å²) in [6.07, 6.45) is 11.5. The van der Waals surface area contributed by atoms with Gasteiger partial charge in [0.25, 0.3) is 0 Å². The van der Waals surface area contributed by atoms with E-state index in [-0.39, 0.29) is 0 Å². The van der Waals surface area contributed by atoms with Gasteiger partial charge >= 0.3 is 0 Å². The van der Waals surface area contributed by atoms with Crippen LogP contribution in [0.4, 0.5) is 0 Å². The van der Waals surface area contributed by atoms with Gasteiger partial charge in [0.05, 0.1) is 0 Å². The van der Waals surface area contributed by atoms with E-state index in [2.05, 4.69) is 44.2 Å². The Bertz CT molecular complexity index is 492. The van der Waals surface area contributed by atoms with Crippen molar-refractivity contribution in [2.45, 2.75) is 20.3 Å². The van der Waals surface area contributed by atoms with Gasteiger partial charge in [-0.25, -0.2) is 0 Å². The van der Waals surface area contributed by atoms with Crippen molar-refractivity contribution in [2.24, 2.45) is 5.92 Å². The Morgan fingerprint density at radius 2 is 2.00 bits per heavy atom. The maximum Gasteiger partial charge on any atom is 0.115 e. The number of fused-ring (bicyclic) bond motifs is 1. The number of allylic oxidation sites excluding steroid dienone is 6. The fraction of sp³-hybridized carbons (Fsp3) is 0.250. The molecule has 1 aromatic carbocycles. The molecule has 0 heterocycles. The predicted octanol–water partition coefficient (Wildman–Crippen LogP) is 4.10. The monoisotopic (exact) mass is 226 g/mol. The number of rotatable bonds is 0. The summed E-state index contributed by atoms with van der Waals surface area (Å²) in [6, 6.07) is 5.64. The Kier molecular flexibility index (Phi) is 3.48. The second kappa shape index (κ2) is 5.05. The van der Waals surface area contributed by atoms with Crippen LogP contribution < -0.4 is 0 Å². The molecule has 1 atom stereocenters. The first kappa shape index (κ1) is 11.7. The zero-order valence-corrected chi connectivity index (χ0v) is 10.4. The number of aromatic hydroxyl groups is 1. The van der Waals surface area contributed by atoms with Crippen molar-refractivity contribution >= 4 is 5.57 Å². The van der Waals surface area contributed by atoms with E-state index in [0.29, 0.717) is 11.7 Å². The van der Waals surface area contributed by atoms with Crippen molar-refractivity contribution in [3.05, 3.63) is 59.7 Å². The summed E-state index contributed by atoms with van der Waals surface area (Å²) < 4.78 is 0. The summed E-state index contributed by atoms with van der Waals surface area (Å²) in [5.74, 6) is 0.825. The number of hydrogen-bond acceptors (Lipinski definition) is 1. The number of phenolic OH excluding ortho intramolecular Hbond substituents is 1. The van der Waals surface area contributed by atoms with Crippen LogP contribution in [0.15, 0.2) is 48.6 Å². The van der Waals surface area contributed by atoms with E-state index in [4.69, 9.17) is 0 Å². The topological polar surface area (TPSA) is 20.2 Å². The van der Waals surface area contributed by atoms with Gasteiger partial charge in [0.15, 0.2) is 0 Å². The molecule has 1 unspecified atom stereocenters. The minimum atomic E-state index is 0.348. The van der Waals surface area contributed by atoms with E-state index in [9.17, 15) is 5.11 Å². The van der Waals surface area contributed by atoms with Crippen molar-refractivity contribution in [3.8, 4) is 5.75 Å². The highest BCUT2D eigenvalue weighted by atomic mass is 16.3. The Morgan fingerprint density at radius 1 is 1.18 bits per heavy atom. The van der Waals surface area contributed by atoms with Crippen LogP contribution in [-0.4, -0.2) is 5.11 Å². The molecule has 0 aromatic heterocycles. The Hall–Kier alpha value is -1.76. The highest BCUT2D eigenvalue weighted by Gasteiger charge is 2.08. The second-order valence-electron chi connectivity index (χ2n) is 4.64. The molecule has 0 radical (unpaired) electrons. The first-order valence-electron chi connectivity index (χ1n) is 6.01. The molecule has 1 heteroatoms. The summed E-state index contributed by atoms with van der Waals surface area (Å²) >= 11 is 0. The molecule has 0 aliphatic heterocycles. The van der Waals surface area contributed by atoms with Crippen LogP contribution in [0.3, 0.4) is 0 Å². The Morgan fingerprint density at radius 3 is 2.82 bits per heavy atom. The molecular weight excluding hydrogens is 208 g/mol. The van der Waals surface area contributed by atoms with Crippen LogP contribution in [-0.2, 0) is 6.42 Å². The van der Waals surface area contributed by atoms with Gasteiger partial charge in [-0.2, -0.15) is 0 Å². The van der Waals surface area contributed by atoms with E-state index in [1.165, 1.54) is 16.7 Å². The van der Waals surface area contributed by atoms with Crippen LogP contribution in [0.2, 0.25) is 0 Å². The van der Waals surface area contributed by atoms with Crippen molar-refractivity contribution in [2.75, 3.05) is 0 Å². The average molecular weight is 226 g/mol. The van der Waals surface area contributed by atoms with Gasteiger partial charge in [0, 0.05) is 0 Å². The average Bonchev–Trinajstić information content (AvgIpc) is 2.28. The minimum Gasteiger partial charge on any atom is -0.508 e. The number of hydrogen-bond donors (Lipinski definition) is 1. The Balaban J connectivity index is 2.51. The molecule has 1 aromatic rings. The van der Waals surface area contributed by atoms with E-state index in [1.807, 2.05) is 12.1 Å². The van der Waals surface area contributed by atoms with Crippen molar-refractivity contribution in [1.82, 2.24) is 0 Å². The molecule has 1 aliphatic carbocycles. The van der Waals surface area contributed by atoms with Crippen LogP contribution in [0.25, 0.3) is 5.57 Å². The largest absolute Gasteiger partial charge is 0.508 e. The van der Waals surface area contributed by atoms with Gasteiger partial charge in [-0.15, -0.1) is 0 Å². The van der Waals surface area contributed by atoms with Gasteiger partial charge in [0.2, 0.25) is 0 Å². The van der Waals surface area contributed by atoms with Gasteiger partial charge in [0.1, 0.15) is 5.75 Å². The first-order chi connectivity index (χ1) is 8.16. The molecule has 0 spiro atoms. The molecule has 1 nitrogen and oxygen atoms in total. The lowest BCUT2D eigenvalue weighted by atomic mass is 9.92. The fourth-order valence-corrected chi connectivity index (χ4v) is 2.16. The highest BCUT2D eigenvalue weighted by Crippen LogP contribution is 2.26. The quantitative estimate of drug-likeness (QED) is 0.706. The lowest BCUT2D eigenvalue weighted by Gasteiger charge is -2.13. The summed E-state index contributed by atoms with van der Waals surface area (Å²) in [7, 11) is 0. The fourth-order valence-electron chi connectivity index (χ4n) is 2.16. The SMILES string of the molecule is C/C1=C\C=C/C=CC(C)Cc2cc(O)ccc21. The molecule has 17 heavy (non-hydrogen) atoms. The smallest absolute Gasteiger partial charge is 0.115 e. The van der Waals surface area contributed by atoms with Gasteiger partial charge in [-0.05, 0) is 48.1 Å². The second-order valence-corrected chi connectivity index (χ2v) is 4.64. The molecule has 0 fully saturated rings. The summed E-state index contributed by atoms with van der Waals surface area (Å²) in [6.45, 7) is 4.30. The third-order valence-corrected chi connectivity index (χ3v) is 3.06. The number of benzene rings is 1. The third kappa shape index (κ3) is 2.88. The standard InChI is InChI=1S/C16H18O/c1-12-6-4-3-5-7-13(2)16-9-8-15(17)11-14(16)10-12/h3-9,11-12,17H,10H2,1-2H3/b5-3-,6-4?,13-7+. The van der Waals surface area contributed by atoms with E-state index < -0.39 is 0 Å². The molecular formula is C16H18O. The van der Waals surface area contributed by atoms with Gasteiger partial charge in [-0.3, -0.25) is 0 Å². The number of phenols is 1. The van der Waals surface area contributed by atoms with Crippen LogP contribution in [0, 0.1) is 5.92 Å². The summed E-state index contributed by atoms with van der Waals surface area (Å²) in [5, 5.41) is 9.60. The van der Waals surface area contributed by atoms with Crippen LogP contribution in [0.1, 0.15) is 25.0 Å². The third-order valence-electron chi connectivity index (χ3n) is 3.06. The maximum absolute atomic E-state index is 9.60. The van der Waals surface area contributed by atoms with Crippen LogP contribution >= 0.6 is 0 Å². The molecule has 1 aliphatic rings. The van der Waals surface area contributed by atoms with Gasteiger partial charge < -0.3 is 5.11 Å². The van der Waals surface area contributed by atoms with Crippen molar-refractivity contribution in [1.29, 1.82) is 0 Å². The maximum atomic E-state index is 9.60. The molecule has 0 saturated heterocycles. The lowest BCUT2D eigenvalue weighted by molar-refractivity contribution is 0.474. The molecule has 0 saturated carbocycles. The lowest BCUT2D eigenvalue weighted by Crippen LogP contribution is -2.00. The highest BCUT2D eigenvalue weighted by molar-refractivity contribution is 5.69. The predicted molar refractivity (Wildman–Crippen MR) is 72.9 cm³/mol. The molecule has 1 N–H and O–H groups in total. The molecule has 88 valence electrons. The summed E-state index contributed by atoms with van der Waals surface area (Å²) in [5.41, 5.74) is 3.68. The minimum absolute atomic E-state index is 0.348. The van der Waals surface area contributed by atoms with Gasteiger partial charge in [-0.1, -0.05) is 43.4 Å². The van der Waals surface area contributed by atoms with E-state index in [0.717, 1.165) is 6.42 Å². The van der Waals surface area contributed by atoms with Crippen LogP contribution in [0.5, 0.6) is 5.75 Å². The molecule has 0 amide bonds. The normalized spacial score (nSPS) is 24.6. The van der Waals surface area contributed by atoms with Crippen molar-refractivity contribution < 1.29 is 5.11 Å².